The summed E-state index contributed by atoms with van der Waals surface area (Å²) < 4.78 is 59.6. The quantitative estimate of drug-likeness (QED) is 0.278. The van der Waals surface area contributed by atoms with Gasteiger partial charge in [0.1, 0.15) is 5.82 Å². The third kappa shape index (κ3) is 7.21. The minimum atomic E-state index is -2.73. The van der Waals surface area contributed by atoms with Crippen LogP contribution in [0.15, 0.2) is 54.7 Å². The Morgan fingerprint density at radius 3 is 2.47 bits per heavy atom. The van der Waals surface area contributed by atoms with E-state index in [9.17, 15) is 9.59 Å². The molecule has 0 bridgehead atoms. The number of amides is 2. The lowest BCUT2D eigenvalue weighted by Gasteiger charge is -2.41. The first-order valence-corrected chi connectivity index (χ1v) is 16.7. The Balaban J connectivity index is 1.27. The molecule has 2 aromatic carbocycles. The van der Waals surface area contributed by atoms with Crippen LogP contribution >= 0.6 is 11.6 Å². The van der Waals surface area contributed by atoms with Gasteiger partial charge in [-0.15, -0.1) is 0 Å². The molecule has 3 aromatic rings. The number of carbonyl (C=O) groups is 2. The summed E-state index contributed by atoms with van der Waals surface area (Å²) in [6, 6.07) is 13.4. The van der Waals surface area contributed by atoms with Crippen LogP contribution in [0.5, 0.6) is 11.5 Å². The van der Waals surface area contributed by atoms with Crippen LogP contribution in [-0.2, 0) is 16.0 Å². The third-order valence-corrected chi connectivity index (χ3v) is 9.83. The van der Waals surface area contributed by atoms with Crippen LogP contribution in [0.1, 0.15) is 70.5 Å². The molecule has 2 aliphatic heterocycles. The van der Waals surface area contributed by atoms with Crippen molar-refractivity contribution in [2.24, 2.45) is 5.92 Å². The molecule has 0 unspecified atom stereocenters. The molecule has 1 aliphatic carbocycles. The minimum absolute atomic E-state index is 0.0206. The van der Waals surface area contributed by atoms with Gasteiger partial charge in [-0.1, -0.05) is 23.7 Å². The number of halogens is 1. The van der Waals surface area contributed by atoms with Crippen LogP contribution < -0.4 is 19.3 Å². The molecule has 3 heterocycles. The lowest BCUT2D eigenvalue weighted by molar-refractivity contribution is -0.135. The first kappa shape index (κ1) is 26.2. The Morgan fingerprint density at radius 1 is 1.02 bits per heavy atom. The van der Waals surface area contributed by atoms with Crippen LogP contribution in [0.4, 0.5) is 11.5 Å². The predicted molar refractivity (Wildman–Crippen MR) is 186 cm³/mol. The van der Waals surface area contributed by atoms with E-state index in [1.807, 2.05) is 33.0 Å². The lowest BCUT2D eigenvalue weighted by Crippen LogP contribution is -2.53. The molecular formula is C37H46ClN5O4. The number of carbonyl (C=O) groups excluding carboxylic acids is 2. The van der Waals surface area contributed by atoms with E-state index in [1.54, 1.807) is 46.2 Å². The van der Waals surface area contributed by atoms with E-state index >= 15 is 0 Å². The van der Waals surface area contributed by atoms with E-state index in [0.717, 1.165) is 44.3 Å². The van der Waals surface area contributed by atoms with Gasteiger partial charge in [0.25, 0.3) is 0 Å². The summed E-state index contributed by atoms with van der Waals surface area (Å²) in [6.07, 6.45) is 4.69. The number of anilines is 2. The Bertz CT molecular complexity index is 1780. The van der Waals surface area contributed by atoms with Gasteiger partial charge in [0.2, 0.25) is 11.8 Å². The molecule has 47 heavy (non-hydrogen) atoms. The molecule has 0 spiro atoms. The molecule has 1 saturated heterocycles. The minimum Gasteiger partial charge on any atom is -0.493 e. The fourth-order valence-corrected chi connectivity index (χ4v) is 7.19. The topological polar surface area (TPSA) is 78.5 Å². The van der Waals surface area contributed by atoms with Crippen LogP contribution in [0, 0.1) is 5.92 Å². The van der Waals surface area contributed by atoms with Crippen molar-refractivity contribution in [1.82, 2.24) is 14.8 Å². The van der Waals surface area contributed by atoms with Crippen molar-refractivity contribution in [2.45, 2.75) is 64.1 Å². The van der Waals surface area contributed by atoms with Gasteiger partial charge in [-0.05, 0) is 98.5 Å². The maximum atomic E-state index is 14.0. The van der Waals surface area contributed by atoms with Crippen molar-refractivity contribution in [2.75, 3.05) is 57.0 Å². The second-order valence-corrected chi connectivity index (χ2v) is 13.5. The first-order chi connectivity index (χ1) is 25.0. The highest BCUT2D eigenvalue weighted by atomic mass is 35.5. The molecule has 3 aliphatic rings. The van der Waals surface area contributed by atoms with Crippen molar-refractivity contribution < 1.29 is 27.3 Å². The van der Waals surface area contributed by atoms with Crippen LogP contribution in [0.3, 0.4) is 0 Å². The molecule has 0 radical (unpaired) electrons. The van der Waals surface area contributed by atoms with Gasteiger partial charge in [0.05, 0.1) is 48.1 Å². The molecule has 6 rings (SSSR count). The monoisotopic (exact) mass is 665 g/mol. The fraction of sp³-hybridized carbons (Fsp3) is 0.486. The fourth-order valence-electron chi connectivity index (χ4n) is 7.06. The normalized spacial score (nSPS) is 24.4. The van der Waals surface area contributed by atoms with Crippen molar-refractivity contribution >= 4 is 34.9 Å². The Hall–Kier alpha value is -3.82. The van der Waals surface area contributed by atoms with Crippen molar-refractivity contribution in [1.29, 1.82) is 0 Å². The number of ether oxygens (including phenoxy) is 2. The smallest absolute Gasteiger partial charge is 0.236 e. The number of pyridine rings is 1. The van der Waals surface area contributed by atoms with Crippen molar-refractivity contribution in [3.05, 3.63) is 76.4 Å². The summed E-state index contributed by atoms with van der Waals surface area (Å²) in [6.45, 7) is 3.52. The van der Waals surface area contributed by atoms with E-state index in [1.165, 1.54) is 11.1 Å². The van der Waals surface area contributed by atoms with Crippen LogP contribution in [0.25, 0.3) is 0 Å². The second kappa shape index (κ2) is 14.1. The zero-order valence-corrected chi connectivity index (χ0v) is 27.9. The maximum absolute atomic E-state index is 14.0. The number of nitrogens with zero attached hydrogens (tertiary/aromatic N) is 5. The highest BCUT2D eigenvalue weighted by Gasteiger charge is 2.37. The molecule has 1 saturated carbocycles. The summed E-state index contributed by atoms with van der Waals surface area (Å²) in [4.78, 5) is 38.0. The summed E-state index contributed by atoms with van der Waals surface area (Å²) in [5.41, 5.74) is 2.51. The van der Waals surface area contributed by atoms with E-state index < -0.39 is 20.1 Å². The van der Waals surface area contributed by atoms with Gasteiger partial charge < -0.3 is 19.3 Å². The Labute approximate surface area is 291 Å². The van der Waals surface area contributed by atoms with Crippen molar-refractivity contribution in [3.8, 4) is 11.5 Å². The van der Waals surface area contributed by atoms with Gasteiger partial charge >= 0.3 is 0 Å². The lowest BCUT2D eigenvalue weighted by atomic mass is 9.84. The summed E-state index contributed by atoms with van der Waals surface area (Å²) in [7, 11) is -0.899. The zero-order valence-electron chi connectivity index (χ0n) is 33.1. The number of fused-ring (bicyclic) bond motifs is 1. The number of piperazine rings is 1. The standard InChI is InChI=1S/C37H46ClN5O4/c1-24(2)47-33-20-31-27(18-32(33)46-5)19-35(44)43(37(31)26-8-10-28(38)11-9-26)30-14-15-34(39-21-30)41(4)22-25-6-12-29(13-7-25)42-17-16-40(3)36(45)23-42/h8-11,14-15,18,20-21,24-25,29,37H,6-7,12-13,16-17,19,22-23H2,1-5H3/t25?,29?,37-/m0/s1/i4D3,5D3. The highest BCUT2D eigenvalue weighted by Crippen LogP contribution is 2.44. The molecule has 250 valence electrons. The SMILES string of the molecule is [2H]C([2H])([2H])Oc1cc2c(cc1OC(C)C)[C@H](c1ccc(Cl)cc1)N(c1ccc(N(CC3CCC(N4CCN(C)C(=O)C4)CC3)C([2H])([2H])[2H])nc1)C(=O)C2. The predicted octanol–water partition coefficient (Wildman–Crippen LogP) is 5.98. The maximum Gasteiger partial charge on any atom is 0.236 e. The van der Waals surface area contributed by atoms with Crippen molar-refractivity contribution in [3.63, 3.8) is 0 Å². The number of hydrogen-bond acceptors (Lipinski definition) is 7. The number of aromatic nitrogens is 1. The van der Waals surface area contributed by atoms with Gasteiger partial charge in [-0.25, -0.2) is 4.98 Å². The summed E-state index contributed by atoms with van der Waals surface area (Å²) in [5, 5.41) is 0.520. The molecule has 9 nitrogen and oxygen atoms in total. The zero-order chi connectivity index (χ0) is 38.2. The molecule has 2 amide bonds. The molecular weight excluding hydrogens is 614 g/mol. The Kier molecular flexibility index (Phi) is 7.86. The number of benzene rings is 2. The van der Waals surface area contributed by atoms with E-state index in [0.29, 0.717) is 41.0 Å². The van der Waals surface area contributed by atoms with E-state index in [4.69, 9.17) is 29.3 Å². The molecule has 0 N–H and O–H groups in total. The van der Waals surface area contributed by atoms with Gasteiger partial charge in [0.15, 0.2) is 11.5 Å². The Morgan fingerprint density at radius 2 is 1.81 bits per heavy atom. The molecule has 10 heteroatoms. The molecule has 1 aromatic heterocycles. The number of methoxy groups -OCH3 is 1. The van der Waals surface area contributed by atoms with Crippen LogP contribution in [-0.4, -0.2) is 86.0 Å². The number of likely N-dealkylation sites (N-methyl/N-ethyl adjacent to an activating group) is 1. The van der Waals surface area contributed by atoms with Gasteiger partial charge in [0, 0.05) is 48.8 Å². The average molecular weight is 666 g/mol. The second-order valence-electron chi connectivity index (χ2n) is 13.1. The van der Waals surface area contributed by atoms with Gasteiger partial charge in [-0.3, -0.25) is 19.4 Å². The molecule has 2 fully saturated rings. The molecule has 1 atom stereocenters. The summed E-state index contributed by atoms with van der Waals surface area (Å²) in [5.74, 6) is 0.551. The van der Waals surface area contributed by atoms with E-state index in [2.05, 4.69) is 9.88 Å². The largest absolute Gasteiger partial charge is 0.493 e. The van der Waals surface area contributed by atoms with Crippen LogP contribution in [0.2, 0.25) is 5.02 Å². The first-order valence-electron chi connectivity index (χ1n) is 19.3. The average Bonchev–Trinajstić information content (AvgIpc) is 3.08. The third-order valence-electron chi connectivity index (χ3n) is 9.57. The van der Waals surface area contributed by atoms with E-state index in [-0.39, 0.29) is 47.6 Å². The van der Waals surface area contributed by atoms with Gasteiger partial charge in [-0.2, -0.15) is 0 Å². The summed E-state index contributed by atoms with van der Waals surface area (Å²) >= 11 is 6.26. The number of hydrogen-bond donors (Lipinski definition) is 0. The number of rotatable bonds is 9. The highest BCUT2D eigenvalue weighted by molar-refractivity contribution is 6.30.